The Morgan fingerprint density at radius 3 is 2.54 bits per heavy atom. The van der Waals surface area contributed by atoms with E-state index in [1.165, 1.54) is 11.8 Å². The van der Waals surface area contributed by atoms with Crippen LogP contribution >= 0.6 is 11.8 Å². The number of aromatic nitrogens is 1. The van der Waals surface area contributed by atoms with Gasteiger partial charge in [0.15, 0.2) is 5.75 Å². The van der Waals surface area contributed by atoms with Crippen molar-refractivity contribution >= 4 is 33.6 Å². The number of ether oxygens (including phenoxy) is 2. The third-order valence-corrected chi connectivity index (χ3v) is 7.81. The maximum absolute atomic E-state index is 13.5. The maximum atomic E-state index is 13.5. The van der Waals surface area contributed by atoms with Gasteiger partial charge in [-0.05, 0) is 67.9 Å². The summed E-state index contributed by atoms with van der Waals surface area (Å²) in [6, 6.07) is 23.3. The molecule has 2 aromatic heterocycles. The number of rotatable bonds is 4. The Morgan fingerprint density at radius 2 is 1.79 bits per heavy atom. The number of methoxy groups -OCH3 is 1. The van der Waals surface area contributed by atoms with Crippen molar-refractivity contribution in [2.24, 2.45) is 5.73 Å². The fraction of sp³-hybridized carbons (Fsp3) is 0.129. The first-order valence-corrected chi connectivity index (χ1v) is 13.1. The van der Waals surface area contributed by atoms with Crippen LogP contribution < -0.4 is 20.8 Å². The molecule has 39 heavy (non-hydrogen) atoms. The fourth-order valence-electron chi connectivity index (χ4n) is 4.83. The highest BCUT2D eigenvalue weighted by atomic mass is 32.2. The number of nitriles is 1. The fourth-order valence-corrected chi connectivity index (χ4v) is 5.76. The summed E-state index contributed by atoms with van der Waals surface area (Å²) in [5.74, 6) is 0.0537. The summed E-state index contributed by atoms with van der Waals surface area (Å²) in [4.78, 5) is 19.5. The molecule has 192 valence electrons. The van der Waals surface area contributed by atoms with E-state index in [1.807, 2.05) is 74.5 Å². The van der Waals surface area contributed by atoms with Crippen LogP contribution in [0.5, 0.6) is 11.5 Å². The maximum Gasteiger partial charge on any atom is 0.344 e. The van der Waals surface area contributed by atoms with E-state index < -0.39 is 11.5 Å². The van der Waals surface area contributed by atoms with Crippen molar-refractivity contribution in [1.29, 1.82) is 5.26 Å². The molecule has 2 N–H and O–H groups in total. The summed E-state index contributed by atoms with van der Waals surface area (Å²) in [6.07, 6.45) is 0. The van der Waals surface area contributed by atoms with E-state index in [-0.39, 0.29) is 17.0 Å². The molecule has 8 heteroatoms. The Morgan fingerprint density at radius 1 is 1.03 bits per heavy atom. The van der Waals surface area contributed by atoms with Gasteiger partial charge in [-0.2, -0.15) is 5.26 Å². The van der Waals surface area contributed by atoms with E-state index in [0.717, 1.165) is 26.9 Å². The van der Waals surface area contributed by atoms with E-state index in [9.17, 15) is 10.1 Å². The van der Waals surface area contributed by atoms with E-state index >= 15 is 0 Å². The lowest BCUT2D eigenvalue weighted by Gasteiger charge is -2.27. The van der Waals surface area contributed by atoms with Gasteiger partial charge < -0.3 is 19.6 Å². The highest BCUT2D eigenvalue weighted by Crippen LogP contribution is 2.47. The van der Waals surface area contributed by atoms with E-state index in [4.69, 9.17) is 24.6 Å². The number of allylic oxidation sites excluding steroid dienone is 1. The van der Waals surface area contributed by atoms with Crippen LogP contribution in [0.4, 0.5) is 0 Å². The van der Waals surface area contributed by atoms with Crippen LogP contribution in [0.25, 0.3) is 21.9 Å². The molecule has 1 aliphatic heterocycles. The zero-order valence-electron chi connectivity index (χ0n) is 21.4. The number of aryl methyl sites for hydroxylation is 2. The van der Waals surface area contributed by atoms with E-state index in [0.29, 0.717) is 33.1 Å². The molecule has 0 saturated heterocycles. The second kappa shape index (κ2) is 9.53. The van der Waals surface area contributed by atoms with Crippen LogP contribution in [-0.2, 0) is 0 Å². The average Bonchev–Trinajstić information content (AvgIpc) is 2.93. The minimum atomic E-state index is -0.851. The average molecular weight is 534 g/mol. The number of hydrogen-bond donors (Lipinski definition) is 1. The normalized spacial score (nSPS) is 14.7. The first kappa shape index (κ1) is 24.6. The second-order valence-electron chi connectivity index (χ2n) is 9.41. The zero-order valence-corrected chi connectivity index (χ0v) is 22.3. The highest BCUT2D eigenvalue weighted by Gasteiger charge is 2.37. The van der Waals surface area contributed by atoms with Gasteiger partial charge in [0.1, 0.15) is 28.0 Å². The van der Waals surface area contributed by atoms with Crippen LogP contribution in [-0.4, -0.2) is 12.1 Å². The Hall–Kier alpha value is -4.74. The molecule has 3 aromatic carbocycles. The molecule has 7 nitrogen and oxygen atoms in total. The van der Waals surface area contributed by atoms with E-state index in [2.05, 4.69) is 6.07 Å². The third kappa shape index (κ3) is 4.27. The molecule has 3 heterocycles. The van der Waals surface area contributed by atoms with Crippen LogP contribution in [0, 0.1) is 25.2 Å². The molecular formula is C31H23N3O4S. The molecule has 5 aromatic rings. The quantitative estimate of drug-likeness (QED) is 0.267. The molecule has 1 unspecified atom stereocenters. The van der Waals surface area contributed by atoms with Crippen molar-refractivity contribution < 1.29 is 13.9 Å². The minimum absolute atomic E-state index is 0.0552. The van der Waals surface area contributed by atoms with Crippen LogP contribution in [0.15, 0.2) is 97.3 Å². The van der Waals surface area contributed by atoms with Crippen molar-refractivity contribution in [2.45, 2.75) is 29.7 Å². The topological polar surface area (TPSA) is 111 Å². The van der Waals surface area contributed by atoms with Crippen molar-refractivity contribution in [3.05, 3.63) is 111 Å². The monoisotopic (exact) mass is 533 g/mol. The van der Waals surface area contributed by atoms with Gasteiger partial charge in [-0.3, -0.25) is 0 Å². The van der Waals surface area contributed by atoms with Crippen LogP contribution in [0.2, 0.25) is 0 Å². The molecule has 6 rings (SSSR count). The SMILES string of the molecule is COc1ccc2nc(Sc3ccc(C)cc3)c(C3C(C#N)=C(N)Oc4c3c(=O)oc3ccc(C)cc43)cc2c1. The number of pyridine rings is 1. The summed E-state index contributed by atoms with van der Waals surface area (Å²) < 4.78 is 17.1. The number of fused-ring (bicyclic) bond motifs is 4. The number of nitrogens with zero attached hydrogens (tertiary/aromatic N) is 2. The van der Waals surface area contributed by atoms with Crippen molar-refractivity contribution in [3.8, 4) is 17.6 Å². The highest BCUT2D eigenvalue weighted by molar-refractivity contribution is 7.99. The molecule has 1 aliphatic rings. The Bertz CT molecular complexity index is 1920. The van der Waals surface area contributed by atoms with Gasteiger partial charge in [0.05, 0.1) is 29.5 Å². The molecule has 1 atom stereocenters. The lowest BCUT2D eigenvalue weighted by Crippen LogP contribution is -2.27. The van der Waals surface area contributed by atoms with Gasteiger partial charge in [-0.15, -0.1) is 0 Å². The van der Waals surface area contributed by atoms with Gasteiger partial charge in [0.25, 0.3) is 0 Å². The number of hydrogen-bond acceptors (Lipinski definition) is 8. The van der Waals surface area contributed by atoms with Crippen molar-refractivity contribution in [1.82, 2.24) is 4.98 Å². The predicted molar refractivity (Wildman–Crippen MR) is 150 cm³/mol. The molecule has 0 bridgehead atoms. The van der Waals surface area contributed by atoms with Gasteiger partial charge in [-0.25, -0.2) is 9.78 Å². The summed E-state index contributed by atoms with van der Waals surface area (Å²) in [7, 11) is 1.60. The lowest BCUT2D eigenvalue weighted by atomic mass is 9.84. The van der Waals surface area contributed by atoms with Gasteiger partial charge in [0, 0.05) is 10.3 Å². The molecule has 0 aliphatic carbocycles. The predicted octanol–water partition coefficient (Wildman–Crippen LogP) is 6.34. The summed E-state index contributed by atoms with van der Waals surface area (Å²) in [5, 5.41) is 12.3. The lowest BCUT2D eigenvalue weighted by molar-refractivity contribution is 0.387. The zero-order chi connectivity index (χ0) is 27.3. The molecule has 0 saturated carbocycles. The van der Waals surface area contributed by atoms with Gasteiger partial charge >= 0.3 is 5.63 Å². The molecule has 0 spiro atoms. The largest absolute Gasteiger partial charge is 0.497 e. The van der Waals surface area contributed by atoms with Crippen molar-refractivity contribution in [3.63, 3.8) is 0 Å². The Labute approximate surface area is 228 Å². The van der Waals surface area contributed by atoms with Crippen LogP contribution in [0.1, 0.15) is 28.2 Å². The minimum Gasteiger partial charge on any atom is -0.497 e. The molecule has 0 amide bonds. The summed E-state index contributed by atoms with van der Waals surface area (Å²) >= 11 is 1.45. The molecular weight excluding hydrogens is 510 g/mol. The van der Waals surface area contributed by atoms with Crippen molar-refractivity contribution in [2.75, 3.05) is 7.11 Å². The Kier molecular flexibility index (Phi) is 6.01. The third-order valence-electron chi connectivity index (χ3n) is 6.78. The first-order valence-electron chi connectivity index (χ1n) is 12.2. The summed E-state index contributed by atoms with van der Waals surface area (Å²) in [6.45, 7) is 3.96. The standard InChI is InChI=1S/C31H23N3O4S/c1-16-4-8-20(9-5-16)39-30-22(14-18-13-19(36-3)7-10-24(18)34-30)26-23(15-32)29(33)38-28-21-12-17(2)6-11-25(21)37-31(35)27(26)28/h4-14,26H,33H2,1-3H3. The first-order chi connectivity index (χ1) is 18.9. The number of nitrogens with two attached hydrogens (primary N) is 1. The second-order valence-corrected chi connectivity index (χ2v) is 10.5. The molecule has 0 fully saturated rings. The Balaban J connectivity index is 1.67. The molecule has 0 radical (unpaired) electrons. The number of benzene rings is 3. The smallest absolute Gasteiger partial charge is 0.344 e. The van der Waals surface area contributed by atoms with Gasteiger partial charge in [0.2, 0.25) is 5.88 Å². The van der Waals surface area contributed by atoms with Crippen LogP contribution in [0.3, 0.4) is 0 Å². The summed E-state index contributed by atoms with van der Waals surface area (Å²) in [5.41, 5.74) is 9.96. The van der Waals surface area contributed by atoms with E-state index in [1.54, 1.807) is 13.2 Å². The van der Waals surface area contributed by atoms with Gasteiger partial charge in [-0.1, -0.05) is 41.1 Å².